The van der Waals surface area contributed by atoms with Crippen LogP contribution in [-0.4, -0.2) is 29.9 Å². The molecular weight excluding hydrogens is 446 g/mol. The average Bonchev–Trinajstić information content (AvgIpc) is 3.52. The number of nitrogens with zero attached hydrogens (tertiary/aromatic N) is 6. The Balaban J connectivity index is 1.55. The van der Waals surface area contributed by atoms with Gasteiger partial charge >= 0.3 is 0 Å². The highest BCUT2D eigenvalue weighted by Crippen LogP contribution is 2.11. The van der Waals surface area contributed by atoms with Gasteiger partial charge in [0.05, 0.1) is 16.9 Å². The Kier molecular flexibility index (Phi) is 5.81. The van der Waals surface area contributed by atoms with Crippen LogP contribution in [0, 0.1) is 10.0 Å². The Hall–Kier alpha value is -4.05. The summed E-state index contributed by atoms with van der Waals surface area (Å²) in [5, 5.41) is 20.7. The Morgan fingerprint density at radius 3 is 2.62 bits per heavy atom. The normalized spacial score (nSPS) is 15.4. The number of anilines is 1. The van der Waals surface area contributed by atoms with Crippen LogP contribution >= 0.6 is 12.2 Å². The third-order valence-electron chi connectivity index (χ3n) is 5.73. The standard InChI is InChI=1S/C24H25N9S/c1-16-13-32-21(25)20(23(34)31(2)24(32)29-16)22(30-18-6-4-3-5-7-18)27-12-17-8-10-19(11-9-17)33-15-26-14-28-33/h3-11,14-16,25,27,30H,12-13H2,1-2H3/b22-20-,25-21?. The first-order valence-corrected chi connectivity index (χ1v) is 11.4. The van der Waals surface area contributed by atoms with E-state index in [1.165, 1.54) is 6.33 Å². The molecule has 10 heteroatoms. The summed E-state index contributed by atoms with van der Waals surface area (Å²) in [7, 11) is 1.90. The number of hydrogen-bond donors (Lipinski definition) is 3. The number of benzene rings is 2. The second-order valence-corrected chi connectivity index (χ2v) is 8.59. The summed E-state index contributed by atoms with van der Waals surface area (Å²) in [6.45, 7) is 3.25. The summed E-state index contributed by atoms with van der Waals surface area (Å²) < 4.78 is 6.07. The van der Waals surface area contributed by atoms with Crippen LogP contribution in [0.5, 0.6) is 0 Å². The van der Waals surface area contributed by atoms with E-state index in [0.29, 0.717) is 34.3 Å². The monoisotopic (exact) mass is 471 g/mol. The molecular formula is C24H25N9S. The summed E-state index contributed by atoms with van der Waals surface area (Å²) in [6.07, 6.45) is 3.18. The lowest BCUT2D eigenvalue weighted by atomic mass is 10.2. The SMILES string of the molecule is CC1Cn2c(=N)/c(=C(\NCc3ccc(-n4cncn4)cc3)Nc3ccccc3)c(=S)n(C)c2=N1. The number of para-hydroxylation sites is 1. The fraction of sp³-hybridized carbons (Fsp3) is 0.208. The molecule has 0 fully saturated rings. The molecule has 0 bridgehead atoms. The molecule has 9 nitrogen and oxygen atoms in total. The van der Waals surface area contributed by atoms with Crippen molar-refractivity contribution in [3.8, 4) is 5.69 Å². The van der Waals surface area contributed by atoms with Crippen LogP contribution in [0.25, 0.3) is 11.5 Å². The van der Waals surface area contributed by atoms with Crippen LogP contribution < -0.4 is 27.0 Å². The highest BCUT2D eigenvalue weighted by molar-refractivity contribution is 7.71. The van der Waals surface area contributed by atoms with Gasteiger partial charge in [0.1, 0.15) is 28.6 Å². The zero-order valence-corrected chi connectivity index (χ0v) is 19.8. The van der Waals surface area contributed by atoms with Crippen LogP contribution in [0.4, 0.5) is 5.69 Å². The first-order valence-electron chi connectivity index (χ1n) is 11.0. The van der Waals surface area contributed by atoms with E-state index in [1.807, 2.05) is 77.7 Å². The molecule has 0 amide bonds. The number of aromatic nitrogens is 5. The molecule has 1 unspecified atom stereocenters. The molecule has 3 heterocycles. The van der Waals surface area contributed by atoms with Crippen LogP contribution in [0.3, 0.4) is 0 Å². The maximum atomic E-state index is 8.95. The fourth-order valence-corrected chi connectivity index (χ4v) is 4.27. The van der Waals surface area contributed by atoms with E-state index in [4.69, 9.17) is 17.6 Å². The van der Waals surface area contributed by atoms with Gasteiger partial charge in [-0.25, -0.2) is 14.7 Å². The van der Waals surface area contributed by atoms with Gasteiger partial charge in [0.15, 0.2) is 0 Å². The molecule has 0 spiro atoms. The first kappa shape index (κ1) is 21.8. The van der Waals surface area contributed by atoms with Gasteiger partial charge in [0, 0.05) is 25.8 Å². The average molecular weight is 472 g/mol. The minimum atomic E-state index is 0.113. The van der Waals surface area contributed by atoms with Crippen LogP contribution in [0.15, 0.2) is 72.2 Å². The van der Waals surface area contributed by atoms with E-state index >= 15 is 0 Å². The Morgan fingerprint density at radius 1 is 1.15 bits per heavy atom. The summed E-state index contributed by atoms with van der Waals surface area (Å²) in [4.78, 5) is 8.65. The molecule has 172 valence electrons. The van der Waals surface area contributed by atoms with Crippen molar-refractivity contribution in [1.82, 2.24) is 29.2 Å². The minimum absolute atomic E-state index is 0.113. The second-order valence-electron chi connectivity index (χ2n) is 8.20. The van der Waals surface area contributed by atoms with Gasteiger partial charge in [-0.2, -0.15) is 5.10 Å². The van der Waals surface area contributed by atoms with Crippen molar-refractivity contribution >= 4 is 23.7 Å². The fourth-order valence-electron chi connectivity index (χ4n) is 3.99. The highest BCUT2D eigenvalue weighted by atomic mass is 32.1. The summed E-state index contributed by atoms with van der Waals surface area (Å²) >= 11 is 5.80. The predicted molar refractivity (Wildman–Crippen MR) is 132 cm³/mol. The van der Waals surface area contributed by atoms with Crippen LogP contribution in [0.1, 0.15) is 12.5 Å². The molecule has 1 aliphatic rings. The van der Waals surface area contributed by atoms with Crippen molar-refractivity contribution in [2.45, 2.75) is 26.1 Å². The molecule has 0 radical (unpaired) electrons. The van der Waals surface area contributed by atoms with Gasteiger partial charge in [-0.3, -0.25) is 9.98 Å². The number of nitrogens with one attached hydrogen (secondary N) is 3. The summed E-state index contributed by atoms with van der Waals surface area (Å²) in [5.41, 5.74) is 4.00. The molecule has 0 aliphatic carbocycles. The van der Waals surface area contributed by atoms with Crippen molar-refractivity contribution < 1.29 is 0 Å². The number of hydrogen-bond acceptors (Lipinski definition) is 7. The van der Waals surface area contributed by atoms with Crippen molar-refractivity contribution in [2.75, 3.05) is 5.32 Å². The third kappa shape index (κ3) is 4.15. The Morgan fingerprint density at radius 2 is 1.91 bits per heavy atom. The van der Waals surface area contributed by atoms with Crippen molar-refractivity contribution in [2.24, 2.45) is 12.0 Å². The van der Waals surface area contributed by atoms with E-state index in [-0.39, 0.29) is 6.04 Å². The molecule has 3 N–H and O–H groups in total. The number of rotatable bonds is 6. The third-order valence-corrected chi connectivity index (χ3v) is 6.21. The zero-order chi connectivity index (χ0) is 23.7. The zero-order valence-electron chi connectivity index (χ0n) is 18.9. The summed E-state index contributed by atoms with van der Waals surface area (Å²) in [6, 6.07) is 18.1. The van der Waals surface area contributed by atoms with E-state index in [2.05, 4.69) is 25.7 Å². The van der Waals surface area contributed by atoms with E-state index in [1.54, 1.807) is 11.0 Å². The number of fused-ring (bicyclic) bond motifs is 1. The molecule has 34 heavy (non-hydrogen) atoms. The van der Waals surface area contributed by atoms with Gasteiger partial charge in [-0.1, -0.05) is 42.5 Å². The van der Waals surface area contributed by atoms with Crippen molar-refractivity contribution in [3.05, 3.63) is 93.8 Å². The predicted octanol–water partition coefficient (Wildman–Crippen LogP) is 1.61. The van der Waals surface area contributed by atoms with Crippen molar-refractivity contribution in [3.63, 3.8) is 0 Å². The van der Waals surface area contributed by atoms with Crippen LogP contribution in [0.2, 0.25) is 0 Å². The molecule has 1 atom stereocenters. The smallest absolute Gasteiger partial charge is 0.207 e. The Labute approximate surface area is 201 Å². The second kappa shape index (κ2) is 9.06. The van der Waals surface area contributed by atoms with Crippen molar-refractivity contribution in [1.29, 1.82) is 5.41 Å². The maximum Gasteiger partial charge on any atom is 0.207 e. The van der Waals surface area contributed by atoms with Crippen LogP contribution in [-0.2, 0) is 20.1 Å². The maximum absolute atomic E-state index is 8.95. The molecule has 0 saturated heterocycles. The van der Waals surface area contributed by atoms with Gasteiger partial charge in [0.2, 0.25) is 5.62 Å². The van der Waals surface area contributed by atoms with Gasteiger partial charge in [0.25, 0.3) is 0 Å². The van der Waals surface area contributed by atoms with E-state index in [9.17, 15) is 0 Å². The molecule has 0 saturated carbocycles. The first-order chi connectivity index (χ1) is 16.5. The molecule has 5 rings (SSSR count). The molecule has 2 aromatic heterocycles. The lowest BCUT2D eigenvalue weighted by Gasteiger charge is -2.16. The van der Waals surface area contributed by atoms with E-state index < -0.39 is 0 Å². The quantitative estimate of drug-likeness (QED) is 0.371. The lowest BCUT2D eigenvalue weighted by Crippen LogP contribution is -2.49. The van der Waals surface area contributed by atoms with Gasteiger partial charge in [-0.15, -0.1) is 0 Å². The largest absolute Gasteiger partial charge is 0.367 e. The molecule has 1 aliphatic heterocycles. The topological polar surface area (TPSA) is 101 Å². The minimum Gasteiger partial charge on any atom is -0.367 e. The lowest BCUT2D eigenvalue weighted by molar-refractivity contribution is 0.587. The van der Waals surface area contributed by atoms with Gasteiger partial charge in [-0.05, 0) is 36.8 Å². The van der Waals surface area contributed by atoms with E-state index in [0.717, 1.165) is 22.6 Å². The van der Waals surface area contributed by atoms with Gasteiger partial charge < -0.3 is 15.2 Å². The summed E-state index contributed by atoms with van der Waals surface area (Å²) in [5.74, 6) is 0.687. The Bertz CT molecular complexity index is 1550. The molecule has 2 aromatic carbocycles. The molecule has 4 aromatic rings. The highest BCUT2D eigenvalue weighted by Gasteiger charge is 2.16.